The number of aliphatic hydroxyl groups is 1. The van der Waals surface area contributed by atoms with Crippen LogP contribution in [0.3, 0.4) is 0 Å². The van der Waals surface area contributed by atoms with E-state index in [2.05, 4.69) is 15.3 Å². The molecule has 8 nitrogen and oxygen atoms in total. The van der Waals surface area contributed by atoms with Gasteiger partial charge in [-0.05, 0) is 49.2 Å². The third-order valence-corrected chi connectivity index (χ3v) is 6.37. The molecule has 0 saturated carbocycles. The predicted molar refractivity (Wildman–Crippen MR) is 132 cm³/mol. The number of alkyl halides is 3. The van der Waals surface area contributed by atoms with Gasteiger partial charge in [0.15, 0.2) is 5.49 Å². The van der Waals surface area contributed by atoms with Gasteiger partial charge in [0, 0.05) is 37.5 Å². The number of halogens is 3. The zero-order chi connectivity index (χ0) is 26.3. The lowest BCUT2D eigenvalue weighted by Crippen LogP contribution is -2.22. The predicted octanol–water partition coefficient (Wildman–Crippen LogP) is 3.62. The van der Waals surface area contributed by atoms with Crippen molar-refractivity contribution in [3.05, 3.63) is 81.5 Å². The van der Waals surface area contributed by atoms with Crippen molar-refractivity contribution in [1.29, 1.82) is 0 Å². The lowest BCUT2D eigenvalue weighted by molar-refractivity contribution is -0.137. The number of hydrogen-bond donors (Lipinski definition) is 2. The first-order chi connectivity index (χ1) is 17.7. The minimum atomic E-state index is -4.45. The Kier molecular flexibility index (Phi) is 6.32. The highest BCUT2D eigenvalue weighted by Gasteiger charge is 2.31. The van der Waals surface area contributed by atoms with Gasteiger partial charge in [0.05, 0.1) is 23.8 Å². The first-order valence-electron chi connectivity index (χ1n) is 11.8. The van der Waals surface area contributed by atoms with Gasteiger partial charge < -0.3 is 19.6 Å². The van der Waals surface area contributed by atoms with E-state index in [0.29, 0.717) is 46.9 Å². The van der Waals surface area contributed by atoms with Gasteiger partial charge >= 0.3 is 6.18 Å². The molecule has 2 N–H and O–H groups in total. The molecule has 3 aliphatic heterocycles. The number of anilines is 1. The van der Waals surface area contributed by atoms with Crippen molar-refractivity contribution in [1.82, 2.24) is 19.1 Å². The zero-order valence-electron chi connectivity index (χ0n) is 20.3. The summed E-state index contributed by atoms with van der Waals surface area (Å²) in [5.41, 5.74) is 1.88. The zero-order valence-corrected chi connectivity index (χ0v) is 20.3. The molecule has 0 radical (unpaired) electrons. The number of aryl methyl sites for hydroxylation is 1. The maximum Gasteiger partial charge on any atom is 0.416 e. The van der Waals surface area contributed by atoms with Crippen molar-refractivity contribution < 1.29 is 18.3 Å². The Balaban J connectivity index is 1.68. The third kappa shape index (κ3) is 4.74. The molecule has 0 spiro atoms. The summed E-state index contributed by atoms with van der Waals surface area (Å²) in [6, 6.07) is 9.71. The van der Waals surface area contributed by atoms with E-state index in [1.54, 1.807) is 32.2 Å². The number of nitrogens with one attached hydrogen (secondary N) is 1. The van der Waals surface area contributed by atoms with Crippen molar-refractivity contribution in [2.75, 3.05) is 18.5 Å². The molecule has 0 aliphatic carbocycles. The molecule has 1 aromatic carbocycles. The van der Waals surface area contributed by atoms with Crippen LogP contribution in [0.4, 0.5) is 19.0 Å². The Hall–Kier alpha value is -3.99. The largest absolute Gasteiger partial charge is 0.416 e. The van der Waals surface area contributed by atoms with Gasteiger partial charge in [0.25, 0.3) is 5.56 Å². The van der Waals surface area contributed by atoms with Gasteiger partial charge in [-0.3, -0.25) is 9.79 Å². The Bertz CT molecular complexity index is 1570. The van der Waals surface area contributed by atoms with Crippen LogP contribution in [0, 0.1) is 6.92 Å². The summed E-state index contributed by atoms with van der Waals surface area (Å²) in [5.74, 6) is 1.95. The van der Waals surface area contributed by atoms with E-state index in [-0.39, 0.29) is 18.7 Å². The molecule has 0 bridgehead atoms. The highest BCUT2D eigenvalue weighted by molar-refractivity contribution is 5.82. The standard InChI is InChI=1S/C26H25F3N6O2/c1-15(17-4-3-5-19(12-17)26(27,28)29)31-23-21-14-20(18-6-8-34(10-11-36)22(37)13-18)24-30-7-9-35(24)25(21)33-16(2)32-23/h3-6,8,12-15,30,36H,7,9-11H2,1-2H3. The SMILES string of the molecule is Cc1nc2n3c(c(-c4ccn(CCO)c(=O)c4)cc-2c(=NC(C)c2cccc(C(F)(F)F)c2)n1)NCC3. The lowest BCUT2D eigenvalue weighted by atomic mass is 10.0. The van der Waals surface area contributed by atoms with Crippen LogP contribution >= 0.6 is 0 Å². The van der Waals surface area contributed by atoms with Crippen LogP contribution in [0.15, 0.2) is 58.4 Å². The number of hydrogen-bond acceptors (Lipinski definition) is 6. The number of fused-ring (bicyclic) bond motifs is 3. The summed E-state index contributed by atoms with van der Waals surface area (Å²) in [6.07, 6.45) is -2.81. The molecule has 37 heavy (non-hydrogen) atoms. The topological polar surface area (TPSA) is 97.3 Å². The highest BCUT2D eigenvalue weighted by Crippen LogP contribution is 2.36. The molecule has 11 heteroatoms. The van der Waals surface area contributed by atoms with Crippen molar-refractivity contribution >= 4 is 5.82 Å². The maximum absolute atomic E-state index is 13.3. The van der Waals surface area contributed by atoms with Gasteiger partial charge in [0.2, 0.25) is 0 Å². The molecule has 192 valence electrons. The second kappa shape index (κ2) is 9.47. The van der Waals surface area contributed by atoms with Gasteiger partial charge in [0.1, 0.15) is 17.5 Å². The van der Waals surface area contributed by atoms with Crippen LogP contribution in [-0.2, 0) is 19.3 Å². The van der Waals surface area contributed by atoms with Crippen molar-refractivity contribution in [3.8, 4) is 22.5 Å². The molecule has 1 atom stereocenters. The molecule has 0 fully saturated rings. The number of pyridine rings is 2. The average molecular weight is 511 g/mol. The summed E-state index contributed by atoms with van der Waals surface area (Å²) in [4.78, 5) is 26.5. The van der Waals surface area contributed by atoms with Crippen molar-refractivity contribution in [2.45, 2.75) is 39.2 Å². The molecular formula is C26H25F3N6O2. The second-order valence-electron chi connectivity index (χ2n) is 8.92. The number of nitrogens with zero attached hydrogens (tertiary/aromatic N) is 5. The molecule has 3 aliphatic rings. The van der Waals surface area contributed by atoms with E-state index in [1.807, 2.05) is 10.6 Å². The molecule has 1 aromatic heterocycles. The minimum absolute atomic E-state index is 0.145. The molecular weight excluding hydrogens is 485 g/mol. The molecule has 4 heterocycles. The second-order valence-corrected chi connectivity index (χ2v) is 8.92. The van der Waals surface area contributed by atoms with E-state index in [4.69, 9.17) is 4.99 Å². The van der Waals surface area contributed by atoms with Gasteiger partial charge in [-0.2, -0.15) is 13.2 Å². The van der Waals surface area contributed by atoms with Crippen LogP contribution in [0.2, 0.25) is 0 Å². The highest BCUT2D eigenvalue weighted by atomic mass is 19.4. The van der Waals surface area contributed by atoms with Crippen LogP contribution in [0.25, 0.3) is 22.5 Å². The van der Waals surface area contributed by atoms with Crippen LogP contribution in [0.1, 0.15) is 29.9 Å². The summed E-state index contributed by atoms with van der Waals surface area (Å²) < 4.78 is 43.2. The fourth-order valence-corrected chi connectivity index (χ4v) is 4.56. The first kappa shape index (κ1) is 24.7. The Morgan fingerprint density at radius 2 is 1.97 bits per heavy atom. The number of aliphatic hydroxyl groups excluding tert-OH is 1. The number of rotatable bonds is 5. The number of benzene rings is 1. The van der Waals surface area contributed by atoms with Crippen LogP contribution in [-0.4, -0.2) is 37.4 Å². The van der Waals surface area contributed by atoms with E-state index >= 15 is 0 Å². The van der Waals surface area contributed by atoms with E-state index in [9.17, 15) is 23.1 Å². The Morgan fingerprint density at radius 3 is 2.70 bits per heavy atom. The molecule has 0 saturated heterocycles. The quantitative estimate of drug-likeness (QED) is 0.428. The minimum Gasteiger partial charge on any atom is -0.395 e. The normalized spacial score (nSPS) is 14.6. The molecule has 5 rings (SSSR count). The number of aromatic nitrogens is 4. The molecule has 2 aromatic rings. The average Bonchev–Trinajstić information content (AvgIpc) is 3.35. The van der Waals surface area contributed by atoms with Gasteiger partial charge in [-0.25, -0.2) is 9.97 Å². The first-order valence-corrected chi connectivity index (χ1v) is 11.8. The van der Waals surface area contributed by atoms with E-state index in [0.717, 1.165) is 23.5 Å². The summed E-state index contributed by atoms with van der Waals surface area (Å²) in [5, 5.41) is 12.5. The fraction of sp³-hybridized carbons (Fsp3) is 0.308. The van der Waals surface area contributed by atoms with Gasteiger partial charge in [-0.15, -0.1) is 0 Å². The Morgan fingerprint density at radius 1 is 1.16 bits per heavy atom. The van der Waals surface area contributed by atoms with Gasteiger partial charge in [-0.1, -0.05) is 12.1 Å². The summed E-state index contributed by atoms with van der Waals surface area (Å²) >= 11 is 0. The van der Waals surface area contributed by atoms with Crippen molar-refractivity contribution in [3.63, 3.8) is 0 Å². The lowest BCUT2D eigenvalue weighted by Gasteiger charge is -2.18. The third-order valence-electron chi connectivity index (χ3n) is 6.37. The van der Waals surface area contributed by atoms with E-state index < -0.39 is 17.8 Å². The molecule has 0 amide bonds. The summed E-state index contributed by atoms with van der Waals surface area (Å²) in [7, 11) is 0. The molecule has 1 unspecified atom stereocenters. The monoisotopic (exact) mass is 510 g/mol. The van der Waals surface area contributed by atoms with Crippen LogP contribution in [0.5, 0.6) is 0 Å². The van der Waals surface area contributed by atoms with Crippen molar-refractivity contribution in [2.24, 2.45) is 4.99 Å². The summed E-state index contributed by atoms with van der Waals surface area (Å²) in [6.45, 7) is 4.84. The fourth-order valence-electron chi connectivity index (χ4n) is 4.56. The maximum atomic E-state index is 13.3. The smallest absolute Gasteiger partial charge is 0.395 e. The van der Waals surface area contributed by atoms with Crippen LogP contribution < -0.4 is 16.4 Å². The van der Waals surface area contributed by atoms with E-state index in [1.165, 1.54) is 16.7 Å². The Labute approximate surface area is 210 Å².